The average molecular weight is 265 g/mol. The number of carbonyl (C=O) groups is 1. The molecule has 3 nitrogen and oxygen atoms in total. The Morgan fingerprint density at radius 1 is 1.37 bits per heavy atom. The molecule has 19 heavy (non-hydrogen) atoms. The van der Waals surface area contributed by atoms with Crippen molar-refractivity contribution >= 4 is 11.7 Å². The van der Waals surface area contributed by atoms with Crippen molar-refractivity contribution in [3.63, 3.8) is 0 Å². The van der Waals surface area contributed by atoms with Crippen LogP contribution >= 0.6 is 0 Å². The number of nitrogens with zero attached hydrogens (tertiary/aromatic N) is 1. The summed E-state index contributed by atoms with van der Waals surface area (Å²) in [6.45, 7) is 5.63. The molecule has 104 valence electrons. The zero-order valence-corrected chi connectivity index (χ0v) is 11.4. The van der Waals surface area contributed by atoms with Crippen LogP contribution in [0.1, 0.15) is 38.7 Å². The van der Waals surface area contributed by atoms with E-state index in [9.17, 15) is 9.18 Å². The van der Waals surface area contributed by atoms with E-state index in [1.807, 2.05) is 13.8 Å². The maximum Gasteiger partial charge on any atom is 0.304 e. The third kappa shape index (κ3) is 3.06. The summed E-state index contributed by atoms with van der Waals surface area (Å²) in [5, 5.41) is 9.03. The molecular weight excluding hydrogens is 245 g/mol. The zero-order chi connectivity index (χ0) is 14.0. The van der Waals surface area contributed by atoms with Crippen LogP contribution in [-0.4, -0.2) is 24.2 Å². The predicted octanol–water partition coefficient (Wildman–Crippen LogP) is 3.18. The van der Waals surface area contributed by atoms with Crippen LogP contribution in [0.5, 0.6) is 0 Å². The highest BCUT2D eigenvalue weighted by Gasteiger charge is 2.29. The molecule has 0 aromatic heterocycles. The Kier molecular flexibility index (Phi) is 3.78. The van der Waals surface area contributed by atoms with Gasteiger partial charge in [-0.1, -0.05) is 19.9 Å². The van der Waals surface area contributed by atoms with Gasteiger partial charge in [-0.25, -0.2) is 4.39 Å². The van der Waals surface area contributed by atoms with Crippen LogP contribution in [0.25, 0.3) is 0 Å². The fourth-order valence-electron chi connectivity index (χ4n) is 2.77. The monoisotopic (exact) mass is 265 g/mol. The van der Waals surface area contributed by atoms with Crippen molar-refractivity contribution in [1.82, 2.24) is 0 Å². The number of halogens is 1. The fraction of sp³-hybridized carbons (Fsp3) is 0.533. The second kappa shape index (κ2) is 5.19. The van der Waals surface area contributed by atoms with Gasteiger partial charge in [-0.3, -0.25) is 4.79 Å². The minimum absolute atomic E-state index is 0.0411. The van der Waals surface area contributed by atoms with Crippen LogP contribution < -0.4 is 4.90 Å². The van der Waals surface area contributed by atoms with Crippen LogP contribution in [0, 0.1) is 5.82 Å². The molecule has 0 unspecified atom stereocenters. The largest absolute Gasteiger partial charge is 0.481 e. The Bertz CT molecular complexity index is 479. The van der Waals surface area contributed by atoms with E-state index in [0.717, 1.165) is 37.2 Å². The van der Waals surface area contributed by atoms with E-state index >= 15 is 0 Å². The molecule has 1 N–H and O–H groups in total. The summed E-state index contributed by atoms with van der Waals surface area (Å²) in [5.74, 6) is -1.10. The Hall–Kier alpha value is -1.58. The lowest BCUT2D eigenvalue weighted by Crippen LogP contribution is -2.27. The van der Waals surface area contributed by atoms with E-state index < -0.39 is 11.4 Å². The van der Waals surface area contributed by atoms with Gasteiger partial charge >= 0.3 is 5.97 Å². The molecule has 0 bridgehead atoms. The highest BCUT2D eigenvalue weighted by Crippen LogP contribution is 2.36. The van der Waals surface area contributed by atoms with E-state index in [0.29, 0.717) is 0 Å². The minimum Gasteiger partial charge on any atom is -0.481 e. The number of hydrogen-bond donors (Lipinski definition) is 1. The number of anilines is 1. The van der Waals surface area contributed by atoms with Crippen LogP contribution in [-0.2, 0) is 10.2 Å². The van der Waals surface area contributed by atoms with Gasteiger partial charge in [-0.15, -0.1) is 0 Å². The second-order valence-corrected chi connectivity index (χ2v) is 5.81. The van der Waals surface area contributed by atoms with Crippen LogP contribution in [0.4, 0.5) is 10.1 Å². The molecule has 1 heterocycles. The minimum atomic E-state index is -0.832. The Labute approximate surface area is 113 Å². The molecule has 0 amide bonds. The molecule has 1 aromatic carbocycles. The van der Waals surface area contributed by atoms with E-state index in [1.54, 1.807) is 6.07 Å². The molecule has 0 radical (unpaired) electrons. The summed E-state index contributed by atoms with van der Waals surface area (Å²) in [6.07, 6.45) is 2.25. The van der Waals surface area contributed by atoms with Gasteiger partial charge in [-0.2, -0.15) is 0 Å². The zero-order valence-electron chi connectivity index (χ0n) is 11.4. The highest BCUT2D eigenvalue weighted by molar-refractivity contribution is 5.70. The molecule has 1 aliphatic rings. The molecule has 1 saturated heterocycles. The molecule has 0 aliphatic carbocycles. The maximum atomic E-state index is 13.5. The van der Waals surface area contributed by atoms with Crippen molar-refractivity contribution in [2.75, 3.05) is 18.0 Å². The Morgan fingerprint density at radius 3 is 2.58 bits per heavy atom. The lowest BCUT2D eigenvalue weighted by atomic mass is 9.80. The third-order valence-electron chi connectivity index (χ3n) is 3.73. The molecule has 4 heteroatoms. The predicted molar refractivity (Wildman–Crippen MR) is 73.1 cm³/mol. The van der Waals surface area contributed by atoms with Crippen LogP contribution in [0.3, 0.4) is 0 Å². The molecule has 0 atom stereocenters. The van der Waals surface area contributed by atoms with Gasteiger partial charge in [0.05, 0.1) is 6.42 Å². The summed E-state index contributed by atoms with van der Waals surface area (Å²) < 4.78 is 13.5. The smallest absolute Gasteiger partial charge is 0.304 e. The quantitative estimate of drug-likeness (QED) is 0.909. The summed E-state index contributed by atoms with van der Waals surface area (Å²) in [7, 11) is 0. The van der Waals surface area contributed by atoms with Gasteiger partial charge in [-0.05, 0) is 30.5 Å². The van der Waals surface area contributed by atoms with Crippen LogP contribution in [0.2, 0.25) is 0 Å². The normalized spacial score (nSPS) is 15.8. The first-order valence-electron chi connectivity index (χ1n) is 6.67. The van der Waals surface area contributed by atoms with E-state index in [1.165, 1.54) is 12.1 Å². The number of aliphatic carboxylic acids is 1. The third-order valence-corrected chi connectivity index (χ3v) is 3.73. The SMILES string of the molecule is CC(C)(CC(=O)O)c1ccc(F)cc1N1CCCC1. The van der Waals surface area contributed by atoms with Crippen molar-refractivity contribution in [2.24, 2.45) is 0 Å². The lowest BCUT2D eigenvalue weighted by molar-refractivity contribution is -0.138. The molecule has 0 saturated carbocycles. The van der Waals surface area contributed by atoms with E-state index in [2.05, 4.69) is 4.90 Å². The molecule has 1 fully saturated rings. The summed E-state index contributed by atoms with van der Waals surface area (Å²) in [5.41, 5.74) is 1.26. The number of rotatable bonds is 4. The van der Waals surface area contributed by atoms with Crippen LogP contribution in [0.15, 0.2) is 18.2 Å². The highest BCUT2D eigenvalue weighted by atomic mass is 19.1. The fourth-order valence-corrected chi connectivity index (χ4v) is 2.77. The topological polar surface area (TPSA) is 40.5 Å². The first kappa shape index (κ1) is 13.8. The second-order valence-electron chi connectivity index (χ2n) is 5.81. The molecule has 1 aliphatic heterocycles. The van der Waals surface area contributed by atoms with Gasteiger partial charge in [0.25, 0.3) is 0 Å². The van der Waals surface area contributed by atoms with Crippen molar-refractivity contribution in [3.05, 3.63) is 29.6 Å². The van der Waals surface area contributed by atoms with Crippen molar-refractivity contribution in [1.29, 1.82) is 0 Å². The van der Waals surface area contributed by atoms with Gasteiger partial charge in [0, 0.05) is 24.2 Å². The van der Waals surface area contributed by atoms with E-state index in [-0.39, 0.29) is 12.2 Å². The number of hydrogen-bond acceptors (Lipinski definition) is 2. The van der Waals surface area contributed by atoms with Gasteiger partial charge in [0.1, 0.15) is 5.82 Å². The number of carboxylic acids is 1. The summed E-state index contributed by atoms with van der Waals surface area (Å²) in [4.78, 5) is 13.2. The first-order chi connectivity index (χ1) is 8.90. The molecule has 1 aromatic rings. The van der Waals surface area contributed by atoms with E-state index in [4.69, 9.17) is 5.11 Å². The molecular formula is C15H20FNO2. The van der Waals surface area contributed by atoms with Crippen molar-refractivity contribution in [2.45, 2.75) is 38.5 Å². The van der Waals surface area contributed by atoms with Gasteiger partial charge < -0.3 is 10.0 Å². The first-order valence-corrected chi connectivity index (χ1v) is 6.67. The van der Waals surface area contributed by atoms with Gasteiger partial charge in [0.15, 0.2) is 0 Å². The Morgan fingerprint density at radius 2 is 2.00 bits per heavy atom. The Balaban J connectivity index is 2.41. The van der Waals surface area contributed by atoms with Crippen molar-refractivity contribution < 1.29 is 14.3 Å². The maximum absolute atomic E-state index is 13.5. The standard InChI is InChI=1S/C15H20FNO2/c1-15(2,10-14(18)19)12-6-5-11(16)9-13(12)17-7-3-4-8-17/h5-6,9H,3-4,7-8,10H2,1-2H3,(H,18,19). The number of carboxylic acid groups (broad SMARTS) is 1. The van der Waals surface area contributed by atoms with Crippen molar-refractivity contribution in [3.8, 4) is 0 Å². The summed E-state index contributed by atoms with van der Waals surface area (Å²) in [6, 6.07) is 4.68. The number of benzene rings is 1. The lowest BCUT2D eigenvalue weighted by Gasteiger charge is -2.30. The summed E-state index contributed by atoms with van der Waals surface area (Å²) >= 11 is 0. The molecule has 0 spiro atoms. The average Bonchev–Trinajstić information content (AvgIpc) is 2.79. The van der Waals surface area contributed by atoms with Gasteiger partial charge in [0.2, 0.25) is 0 Å². The molecule has 2 rings (SSSR count).